The summed E-state index contributed by atoms with van der Waals surface area (Å²) in [5, 5.41) is 0. The molecule has 0 aromatic carbocycles. The van der Waals surface area contributed by atoms with Gasteiger partial charge < -0.3 is 10.7 Å². The molecule has 0 saturated heterocycles. The molecule has 1 aliphatic rings. The molecule has 90 valence electrons. The molecule has 1 aromatic rings. The highest BCUT2D eigenvalue weighted by Crippen LogP contribution is 2.18. The molecule has 1 aliphatic carbocycles. The minimum atomic E-state index is -0.578. The van der Waals surface area contributed by atoms with Crippen molar-refractivity contribution in [3.8, 4) is 0 Å². The summed E-state index contributed by atoms with van der Waals surface area (Å²) in [6.07, 6.45) is 3.96. The number of nitrogens with one attached hydrogen (secondary N) is 1. The number of fused-ring (bicyclic) bond motifs is 1. The first-order chi connectivity index (χ1) is 6.98. The molecule has 0 bridgehead atoms. The van der Waals surface area contributed by atoms with Gasteiger partial charge in [0.2, 0.25) is 0 Å². The highest BCUT2D eigenvalue weighted by molar-refractivity contribution is 5.85. The van der Waals surface area contributed by atoms with Crippen molar-refractivity contribution in [2.75, 3.05) is 0 Å². The molecule has 0 saturated carbocycles. The molecule has 1 heterocycles. The lowest BCUT2D eigenvalue weighted by atomic mass is 9.96. The number of aryl methyl sites for hydroxylation is 1. The molecule has 0 unspecified atom stereocenters. The zero-order valence-electron chi connectivity index (χ0n) is 9.67. The summed E-state index contributed by atoms with van der Waals surface area (Å²) in [5.41, 5.74) is 7.14. The molecule has 1 aromatic heterocycles. The Morgan fingerprint density at radius 2 is 1.94 bits per heavy atom. The number of hydrogen-bond donors (Lipinski definition) is 2. The zero-order valence-corrected chi connectivity index (χ0v) is 10.5. The molecule has 3 N–H and O–H groups in total. The third kappa shape index (κ3) is 2.44. The largest absolute Gasteiger partial charge is 0.319 e. The van der Waals surface area contributed by atoms with Gasteiger partial charge in [-0.15, -0.1) is 12.4 Å². The van der Waals surface area contributed by atoms with Crippen molar-refractivity contribution in [2.45, 2.75) is 45.1 Å². The lowest BCUT2D eigenvalue weighted by Crippen LogP contribution is -2.35. The van der Waals surface area contributed by atoms with Crippen LogP contribution >= 0.6 is 12.4 Å². The molecule has 0 amide bonds. The van der Waals surface area contributed by atoms with Crippen molar-refractivity contribution in [2.24, 2.45) is 5.73 Å². The van der Waals surface area contributed by atoms with Gasteiger partial charge in [-0.1, -0.05) is 0 Å². The summed E-state index contributed by atoms with van der Waals surface area (Å²) in [7, 11) is 0. The third-order valence-electron chi connectivity index (χ3n) is 2.80. The van der Waals surface area contributed by atoms with Crippen LogP contribution < -0.4 is 11.3 Å². The summed E-state index contributed by atoms with van der Waals surface area (Å²) >= 11 is 0. The summed E-state index contributed by atoms with van der Waals surface area (Å²) in [6.45, 7) is 3.70. The normalized spacial score (nSPS) is 15.2. The number of nitrogens with zero attached hydrogens (tertiary/aromatic N) is 1. The maximum absolute atomic E-state index is 11.8. The van der Waals surface area contributed by atoms with Gasteiger partial charge in [-0.3, -0.25) is 4.79 Å². The van der Waals surface area contributed by atoms with Gasteiger partial charge in [0.25, 0.3) is 5.56 Å². The zero-order chi connectivity index (χ0) is 11.1. The smallest absolute Gasteiger partial charge is 0.254 e. The van der Waals surface area contributed by atoms with Gasteiger partial charge in [-0.2, -0.15) is 0 Å². The van der Waals surface area contributed by atoms with E-state index in [-0.39, 0.29) is 18.0 Å². The lowest BCUT2D eigenvalue weighted by molar-refractivity contribution is 0.501. The van der Waals surface area contributed by atoms with Crippen molar-refractivity contribution >= 4 is 12.4 Å². The van der Waals surface area contributed by atoms with E-state index >= 15 is 0 Å². The highest BCUT2D eigenvalue weighted by Gasteiger charge is 2.21. The predicted octanol–water partition coefficient (Wildman–Crippen LogP) is 1.26. The van der Waals surface area contributed by atoms with Crippen LogP contribution in [0.1, 0.15) is 43.8 Å². The van der Waals surface area contributed by atoms with Gasteiger partial charge in [0, 0.05) is 5.56 Å². The van der Waals surface area contributed by atoms with Gasteiger partial charge in [0.15, 0.2) is 0 Å². The molecule has 0 spiro atoms. The Morgan fingerprint density at radius 3 is 2.56 bits per heavy atom. The van der Waals surface area contributed by atoms with Crippen LogP contribution in [0.3, 0.4) is 0 Å². The van der Waals surface area contributed by atoms with Crippen LogP contribution in [0.15, 0.2) is 4.79 Å². The van der Waals surface area contributed by atoms with E-state index in [1.54, 1.807) is 0 Å². The molecule has 2 rings (SSSR count). The van der Waals surface area contributed by atoms with Gasteiger partial charge in [-0.05, 0) is 39.5 Å². The Hall–Kier alpha value is -0.870. The second-order valence-corrected chi connectivity index (χ2v) is 4.77. The van der Waals surface area contributed by atoms with Crippen molar-refractivity contribution in [3.05, 3.63) is 27.4 Å². The van der Waals surface area contributed by atoms with Crippen LogP contribution in [0.2, 0.25) is 0 Å². The number of hydrogen-bond acceptors (Lipinski definition) is 3. The monoisotopic (exact) mass is 243 g/mol. The third-order valence-corrected chi connectivity index (χ3v) is 2.80. The summed E-state index contributed by atoms with van der Waals surface area (Å²) < 4.78 is 0. The van der Waals surface area contributed by atoms with Crippen LogP contribution in [0, 0.1) is 0 Å². The number of halogens is 1. The molecule has 0 aliphatic heterocycles. The first-order valence-electron chi connectivity index (χ1n) is 5.40. The van der Waals surface area contributed by atoms with Crippen LogP contribution in [0.25, 0.3) is 0 Å². The SMILES string of the molecule is CC(C)(N)c1nc2c(c(=O)[nH]1)CCCC2.Cl. The van der Waals surface area contributed by atoms with Crippen LogP contribution in [-0.4, -0.2) is 9.97 Å². The summed E-state index contributed by atoms with van der Waals surface area (Å²) in [5.74, 6) is 0.591. The number of aromatic amines is 1. The topological polar surface area (TPSA) is 71.8 Å². The predicted molar refractivity (Wildman–Crippen MR) is 66.0 cm³/mol. The molecule has 0 fully saturated rings. The quantitative estimate of drug-likeness (QED) is 0.780. The van der Waals surface area contributed by atoms with Crippen LogP contribution in [0.4, 0.5) is 0 Å². The first-order valence-corrected chi connectivity index (χ1v) is 5.40. The van der Waals surface area contributed by atoms with Gasteiger partial charge in [-0.25, -0.2) is 4.98 Å². The Bertz CT molecular complexity index is 434. The number of nitrogens with two attached hydrogens (primary N) is 1. The van der Waals surface area contributed by atoms with Gasteiger partial charge >= 0.3 is 0 Å². The van der Waals surface area contributed by atoms with Crippen molar-refractivity contribution in [1.82, 2.24) is 9.97 Å². The molecule has 5 heteroatoms. The fourth-order valence-electron chi connectivity index (χ4n) is 1.91. The fraction of sp³-hybridized carbons (Fsp3) is 0.636. The Morgan fingerprint density at radius 1 is 1.31 bits per heavy atom. The van der Waals surface area contributed by atoms with E-state index < -0.39 is 5.54 Å². The Balaban J connectivity index is 0.00000128. The van der Waals surface area contributed by atoms with Crippen molar-refractivity contribution in [1.29, 1.82) is 0 Å². The molecule has 0 atom stereocenters. The molecule has 16 heavy (non-hydrogen) atoms. The van der Waals surface area contributed by atoms with Gasteiger partial charge in [0.05, 0.1) is 11.2 Å². The fourth-order valence-corrected chi connectivity index (χ4v) is 1.91. The van der Waals surface area contributed by atoms with Gasteiger partial charge in [0.1, 0.15) is 5.82 Å². The van der Waals surface area contributed by atoms with Crippen LogP contribution in [0.5, 0.6) is 0 Å². The van der Waals surface area contributed by atoms with Crippen molar-refractivity contribution in [3.63, 3.8) is 0 Å². The molecule has 4 nitrogen and oxygen atoms in total. The average Bonchev–Trinajstić information content (AvgIpc) is 2.16. The minimum Gasteiger partial charge on any atom is -0.319 e. The summed E-state index contributed by atoms with van der Waals surface area (Å²) in [4.78, 5) is 19.0. The highest BCUT2D eigenvalue weighted by atomic mass is 35.5. The standard InChI is InChI=1S/C11H17N3O.ClH/c1-11(2,12)10-13-8-6-4-3-5-7(8)9(15)14-10;/h3-6,12H2,1-2H3,(H,13,14,15);1H. The van der Waals surface area contributed by atoms with Crippen LogP contribution in [-0.2, 0) is 18.4 Å². The number of aromatic nitrogens is 2. The maximum Gasteiger partial charge on any atom is 0.254 e. The maximum atomic E-state index is 11.8. The minimum absolute atomic E-state index is 0. The second kappa shape index (κ2) is 4.55. The first kappa shape index (κ1) is 13.2. The van der Waals surface area contributed by atoms with E-state index in [2.05, 4.69) is 9.97 Å². The van der Waals surface area contributed by atoms with E-state index in [1.165, 1.54) is 0 Å². The van der Waals surface area contributed by atoms with E-state index in [0.717, 1.165) is 36.9 Å². The number of rotatable bonds is 1. The van der Waals surface area contributed by atoms with Crippen molar-refractivity contribution < 1.29 is 0 Å². The molecular formula is C11H18ClN3O. The summed E-state index contributed by atoms with van der Waals surface area (Å²) in [6, 6.07) is 0. The second-order valence-electron chi connectivity index (χ2n) is 4.77. The Kier molecular flexibility index (Phi) is 3.76. The average molecular weight is 244 g/mol. The van der Waals surface area contributed by atoms with E-state index in [0.29, 0.717) is 5.82 Å². The lowest BCUT2D eigenvalue weighted by Gasteiger charge is -2.21. The van der Waals surface area contributed by atoms with E-state index in [1.807, 2.05) is 13.8 Å². The number of H-pyrrole nitrogens is 1. The molecule has 0 radical (unpaired) electrons. The Labute approximate surface area is 101 Å². The molecular weight excluding hydrogens is 226 g/mol. The van der Waals surface area contributed by atoms with E-state index in [4.69, 9.17) is 5.73 Å². The van der Waals surface area contributed by atoms with E-state index in [9.17, 15) is 4.79 Å².